The lowest BCUT2D eigenvalue weighted by Gasteiger charge is -2.18. The molecule has 0 amide bonds. The Bertz CT molecular complexity index is 350. The monoisotopic (exact) mass is 243 g/mol. The SMILES string of the molecule is CNC1CSCC1Cc1c(F)cccc1F. The Balaban J connectivity index is 2.14. The highest BCUT2D eigenvalue weighted by molar-refractivity contribution is 7.99. The van der Waals surface area contributed by atoms with E-state index in [-0.39, 0.29) is 5.56 Å². The largest absolute Gasteiger partial charge is 0.316 e. The van der Waals surface area contributed by atoms with Gasteiger partial charge < -0.3 is 5.32 Å². The molecular weight excluding hydrogens is 228 g/mol. The minimum Gasteiger partial charge on any atom is -0.316 e. The lowest BCUT2D eigenvalue weighted by Crippen LogP contribution is -2.33. The van der Waals surface area contributed by atoms with Gasteiger partial charge in [-0.2, -0.15) is 11.8 Å². The van der Waals surface area contributed by atoms with E-state index in [2.05, 4.69) is 5.32 Å². The van der Waals surface area contributed by atoms with Gasteiger partial charge in [0.2, 0.25) is 0 Å². The van der Waals surface area contributed by atoms with Crippen molar-refractivity contribution < 1.29 is 8.78 Å². The number of nitrogens with one attached hydrogen (secondary N) is 1. The molecule has 0 aromatic heterocycles. The van der Waals surface area contributed by atoms with E-state index in [1.807, 2.05) is 18.8 Å². The summed E-state index contributed by atoms with van der Waals surface area (Å²) in [4.78, 5) is 0. The molecule has 4 heteroatoms. The molecule has 0 bridgehead atoms. The third-order valence-corrected chi connectivity index (χ3v) is 4.36. The molecule has 1 heterocycles. The standard InChI is InChI=1S/C12H15F2NS/c1-15-12-7-16-6-8(12)5-9-10(13)3-2-4-11(9)14/h2-4,8,12,15H,5-7H2,1H3. The van der Waals surface area contributed by atoms with Crippen molar-refractivity contribution in [1.82, 2.24) is 5.32 Å². The van der Waals surface area contributed by atoms with E-state index >= 15 is 0 Å². The van der Waals surface area contributed by atoms with Gasteiger partial charge in [-0.15, -0.1) is 0 Å². The van der Waals surface area contributed by atoms with Crippen LogP contribution in [0.25, 0.3) is 0 Å². The Morgan fingerprint density at radius 3 is 2.62 bits per heavy atom. The lowest BCUT2D eigenvalue weighted by atomic mass is 9.94. The summed E-state index contributed by atoms with van der Waals surface area (Å²) in [5.41, 5.74) is 0.232. The Hall–Kier alpha value is -0.610. The van der Waals surface area contributed by atoms with E-state index in [1.165, 1.54) is 18.2 Å². The van der Waals surface area contributed by atoms with Crippen LogP contribution in [0, 0.1) is 17.6 Å². The molecule has 2 unspecified atom stereocenters. The molecule has 16 heavy (non-hydrogen) atoms. The van der Waals surface area contributed by atoms with E-state index in [4.69, 9.17) is 0 Å². The first-order valence-corrected chi connectivity index (χ1v) is 6.55. The second-order valence-electron chi connectivity index (χ2n) is 4.10. The van der Waals surface area contributed by atoms with Crippen LogP contribution in [0.5, 0.6) is 0 Å². The van der Waals surface area contributed by atoms with Crippen molar-refractivity contribution in [1.29, 1.82) is 0 Å². The van der Waals surface area contributed by atoms with Gasteiger partial charge in [-0.25, -0.2) is 8.78 Å². The molecule has 88 valence electrons. The average Bonchev–Trinajstić information content (AvgIpc) is 2.71. The van der Waals surface area contributed by atoms with Crippen LogP contribution >= 0.6 is 11.8 Å². The third-order valence-electron chi connectivity index (χ3n) is 3.10. The smallest absolute Gasteiger partial charge is 0.129 e. The maximum atomic E-state index is 13.5. The molecule has 1 nitrogen and oxygen atoms in total. The van der Waals surface area contributed by atoms with Gasteiger partial charge in [0, 0.05) is 17.4 Å². The number of rotatable bonds is 3. The lowest BCUT2D eigenvalue weighted by molar-refractivity contribution is 0.434. The van der Waals surface area contributed by atoms with Crippen LogP contribution in [-0.4, -0.2) is 24.6 Å². The maximum Gasteiger partial charge on any atom is 0.129 e. The Kier molecular flexibility index (Phi) is 3.82. The Labute approximate surface area is 98.6 Å². The second kappa shape index (κ2) is 5.15. The summed E-state index contributed by atoms with van der Waals surface area (Å²) in [6.45, 7) is 0. The van der Waals surface area contributed by atoms with Crippen molar-refractivity contribution in [3.05, 3.63) is 35.4 Å². The molecule has 2 atom stereocenters. The van der Waals surface area contributed by atoms with E-state index in [9.17, 15) is 8.78 Å². The van der Waals surface area contributed by atoms with Crippen LogP contribution in [-0.2, 0) is 6.42 Å². The molecule has 1 aromatic rings. The van der Waals surface area contributed by atoms with Crippen LogP contribution in [0.1, 0.15) is 5.56 Å². The zero-order chi connectivity index (χ0) is 11.5. The predicted octanol–water partition coefficient (Wildman–Crippen LogP) is 2.46. The minimum atomic E-state index is -0.424. The van der Waals surface area contributed by atoms with Crippen molar-refractivity contribution >= 4 is 11.8 Å². The van der Waals surface area contributed by atoms with Crippen LogP contribution < -0.4 is 5.32 Å². The fourth-order valence-electron chi connectivity index (χ4n) is 2.11. The second-order valence-corrected chi connectivity index (χ2v) is 5.17. The van der Waals surface area contributed by atoms with Crippen molar-refractivity contribution in [2.24, 2.45) is 5.92 Å². The molecule has 1 N–H and O–H groups in total. The van der Waals surface area contributed by atoms with E-state index in [0.717, 1.165) is 11.5 Å². The Morgan fingerprint density at radius 2 is 2.00 bits per heavy atom. The van der Waals surface area contributed by atoms with Gasteiger partial charge in [0.05, 0.1) is 0 Å². The molecule has 1 aliphatic heterocycles. The highest BCUT2D eigenvalue weighted by Crippen LogP contribution is 2.28. The number of hydrogen-bond donors (Lipinski definition) is 1. The molecule has 0 aliphatic carbocycles. The maximum absolute atomic E-state index is 13.5. The topological polar surface area (TPSA) is 12.0 Å². The first-order valence-electron chi connectivity index (χ1n) is 5.40. The summed E-state index contributed by atoms with van der Waals surface area (Å²) in [5, 5.41) is 3.21. The summed E-state index contributed by atoms with van der Waals surface area (Å²) in [7, 11) is 1.90. The first-order chi connectivity index (χ1) is 7.72. The molecule has 1 aromatic carbocycles. The van der Waals surface area contributed by atoms with E-state index < -0.39 is 11.6 Å². The van der Waals surface area contributed by atoms with Gasteiger partial charge in [0.15, 0.2) is 0 Å². The minimum absolute atomic E-state index is 0.232. The average molecular weight is 243 g/mol. The third kappa shape index (κ3) is 2.38. The number of hydrogen-bond acceptors (Lipinski definition) is 2. The van der Waals surface area contributed by atoms with Gasteiger partial charge in [0.1, 0.15) is 11.6 Å². The molecule has 2 rings (SSSR count). The van der Waals surface area contributed by atoms with Crippen molar-refractivity contribution in [3.8, 4) is 0 Å². The quantitative estimate of drug-likeness (QED) is 0.875. The summed E-state index contributed by atoms with van der Waals surface area (Å²) < 4.78 is 26.9. The zero-order valence-corrected chi connectivity index (χ0v) is 9.99. The first kappa shape index (κ1) is 11.9. The van der Waals surface area contributed by atoms with Gasteiger partial charge in [-0.1, -0.05) is 6.07 Å². The summed E-state index contributed by atoms with van der Waals surface area (Å²) in [6.07, 6.45) is 0.483. The van der Waals surface area contributed by atoms with Crippen LogP contribution in [0.3, 0.4) is 0 Å². The zero-order valence-electron chi connectivity index (χ0n) is 9.17. The number of benzene rings is 1. The predicted molar refractivity (Wildman–Crippen MR) is 63.7 cm³/mol. The van der Waals surface area contributed by atoms with Crippen LogP contribution in [0.4, 0.5) is 8.78 Å². The Morgan fingerprint density at radius 1 is 1.31 bits per heavy atom. The summed E-state index contributed by atoms with van der Waals surface area (Å²) >= 11 is 1.84. The van der Waals surface area contributed by atoms with Gasteiger partial charge in [0.25, 0.3) is 0 Å². The molecule has 0 radical (unpaired) electrons. The number of halogens is 2. The van der Waals surface area contributed by atoms with Crippen molar-refractivity contribution in [2.75, 3.05) is 18.6 Å². The van der Waals surface area contributed by atoms with Gasteiger partial charge in [-0.3, -0.25) is 0 Å². The normalized spacial score (nSPS) is 24.9. The molecule has 1 aliphatic rings. The highest BCUT2D eigenvalue weighted by atomic mass is 32.2. The summed E-state index contributed by atoms with van der Waals surface area (Å²) in [5.74, 6) is 1.47. The van der Waals surface area contributed by atoms with Crippen molar-refractivity contribution in [2.45, 2.75) is 12.5 Å². The van der Waals surface area contributed by atoms with E-state index in [1.54, 1.807) is 0 Å². The van der Waals surface area contributed by atoms with E-state index in [0.29, 0.717) is 18.4 Å². The van der Waals surface area contributed by atoms with Crippen LogP contribution in [0.15, 0.2) is 18.2 Å². The fourth-order valence-corrected chi connectivity index (χ4v) is 3.59. The fraction of sp³-hybridized carbons (Fsp3) is 0.500. The van der Waals surface area contributed by atoms with Gasteiger partial charge in [-0.05, 0) is 37.3 Å². The molecule has 1 saturated heterocycles. The molecular formula is C12H15F2NS. The highest BCUT2D eigenvalue weighted by Gasteiger charge is 2.28. The molecule has 1 fully saturated rings. The van der Waals surface area contributed by atoms with Crippen molar-refractivity contribution in [3.63, 3.8) is 0 Å². The van der Waals surface area contributed by atoms with Gasteiger partial charge >= 0.3 is 0 Å². The molecule has 0 spiro atoms. The molecule has 0 saturated carbocycles. The van der Waals surface area contributed by atoms with Crippen LogP contribution in [0.2, 0.25) is 0 Å². The summed E-state index contributed by atoms with van der Waals surface area (Å²) in [6, 6.07) is 4.43. The number of thioether (sulfide) groups is 1.